The third-order valence-corrected chi connectivity index (χ3v) is 4.03. The smallest absolute Gasteiger partial charge is 0.244 e. The summed E-state index contributed by atoms with van der Waals surface area (Å²) in [5, 5.41) is 6.29. The summed E-state index contributed by atoms with van der Waals surface area (Å²) in [7, 11) is 1.97. The maximum atomic E-state index is 12.1. The minimum atomic E-state index is -0.122. The van der Waals surface area contributed by atoms with Crippen molar-refractivity contribution < 1.29 is 4.79 Å². The molecule has 0 spiro atoms. The van der Waals surface area contributed by atoms with Crippen LogP contribution in [-0.2, 0) is 18.3 Å². The molecule has 3 rings (SSSR count). The van der Waals surface area contributed by atoms with Gasteiger partial charge in [-0.25, -0.2) is 5.43 Å². The lowest BCUT2D eigenvalue weighted by Gasteiger charge is -2.05. The van der Waals surface area contributed by atoms with E-state index in [0.717, 1.165) is 27.7 Å². The van der Waals surface area contributed by atoms with Gasteiger partial charge < -0.3 is 4.57 Å². The first-order valence-electron chi connectivity index (χ1n) is 7.56. The van der Waals surface area contributed by atoms with E-state index in [1.165, 1.54) is 0 Å². The first kappa shape index (κ1) is 15.0. The summed E-state index contributed by atoms with van der Waals surface area (Å²) in [6.45, 7) is 2.02. The zero-order chi connectivity index (χ0) is 16.2. The van der Waals surface area contributed by atoms with E-state index in [4.69, 9.17) is 0 Å². The SMILES string of the molecule is Cc1ccc(/C=N/NC(=O)Cc2cccc3ccccc23)n1C. The lowest BCUT2D eigenvalue weighted by Crippen LogP contribution is -2.20. The van der Waals surface area contributed by atoms with Gasteiger partial charge in [-0.05, 0) is 35.4 Å². The molecule has 1 heterocycles. The Labute approximate surface area is 135 Å². The highest BCUT2D eigenvalue weighted by molar-refractivity contribution is 5.90. The number of nitrogens with one attached hydrogen (secondary N) is 1. The Bertz CT molecular complexity index is 872. The number of nitrogens with zero attached hydrogens (tertiary/aromatic N) is 2. The molecule has 0 atom stereocenters. The van der Waals surface area contributed by atoms with Crippen LogP contribution >= 0.6 is 0 Å². The van der Waals surface area contributed by atoms with Gasteiger partial charge in [0, 0.05) is 12.7 Å². The first-order valence-corrected chi connectivity index (χ1v) is 7.56. The molecular weight excluding hydrogens is 286 g/mol. The van der Waals surface area contributed by atoms with Crippen LogP contribution in [-0.4, -0.2) is 16.7 Å². The second kappa shape index (κ2) is 6.48. The maximum absolute atomic E-state index is 12.1. The molecule has 3 aromatic rings. The summed E-state index contributed by atoms with van der Waals surface area (Å²) in [4.78, 5) is 12.1. The summed E-state index contributed by atoms with van der Waals surface area (Å²) in [6.07, 6.45) is 1.97. The zero-order valence-corrected chi connectivity index (χ0v) is 13.3. The molecule has 0 aliphatic rings. The quantitative estimate of drug-likeness (QED) is 0.584. The minimum Gasteiger partial charge on any atom is -0.347 e. The highest BCUT2D eigenvalue weighted by atomic mass is 16.2. The number of aryl methyl sites for hydroxylation is 1. The van der Waals surface area contributed by atoms with Crippen molar-refractivity contribution in [2.45, 2.75) is 13.3 Å². The molecule has 116 valence electrons. The fraction of sp³-hybridized carbons (Fsp3) is 0.158. The van der Waals surface area contributed by atoms with Crippen molar-refractivity contribution in [1.82, 2.24) is 9.99 Å². The molecule has 1 N–H and O–H groups in total. The van der Waals surface area contributed by atoms with Crippen molar-refractivity contribution in [3.8, 4) is 0 Å². The van der Waals surface area contributed by atoms with E-state index in [1.54, 1.807) is 6.21 Å². The van der Waals surface area contributed by atoms with Crippen LogP contribution in [0.5, 0.6) is 0 Å². The van der Waals surface area contributed by atoms with Crippen LogP contribution in [0.4, 0.5) is 0 Å². The van der Waals surface area contributed by atoms with Gasteiger partial charge in [0.1, 0.15) is 0 Å². The fourth-order valence-corrected chi connectivity index (χ4v) is 2.59. The monoisotopic (exact) mass is 305 g/mol. The van der Waals surface area contributed by atoms with Crippen molar-refractivity contribution in [3.63, 3.8) is 0 Å². The van der Waals surface area contributed by atoms with Crippen molar-refractivity contribution in [2.24, 2.45) is 12.1 Å². The molecule has 0 unspecified atom stereocenters. The summed E-state index contributed by atoms with van der Waals surface area (Å²) >= 11 is 0. The van der Waals surface area contributed by atoms with E-state index in [0.29, 0.717) is 6.42 Å². The molecule has 1 aromatic heterocycles. The molecule has 0 saturated carbocycles. The number of carbonyl (C=O) groups is 1. The molecule has 1 amide bonds. The van der Waals surface area contributed by atoms with Gasteiger partial charge in [0.15, 0.2) is 0 Å². The maximum Gasteiger partial charge on any atom is 0.244 e. The number of fused-ring (bicyclic) bond motifs is 1. The van der Waals surface area contributed by atoms with Gasteiger partial charge in [0.05, 0.1) is 18.3 Å². The third-order valence-electron chi connectivity index (χ3n) is 4.03. The highest BCUT2D eigenvalue weighted by Gasteiger charge is 2.06. The van der Waals surface area contributed by atoms with Crippen LogP contribution in [0.15, 0.2) is 59.7 Å². The Hall–Kier alpha value is -2.88. The molecule has 0 bridgehead atoms. The fourth-order valence-electron chi connectivity index (χ4n) is 2.59. The van der Waals surface area contributed by atoms with Gasteiger partial charge in [-0.15, -0.1) is 0 Å². The van der Waals surface area contributed by atoms with Crippen LogP contribution in [0.1, 0.15) is 17.0 Å². The molecule has 0 fully saturated rings. The van der Waals surface area contributed by atoms with Gasteiger partial charge in [0.2, 0.25) is 5.91 Å². The zero-order valence-electron chi connectivity index (χ0n) is 13.3. The molecule has 4 nitrogen and oxygen atoms in total. The Balaban J connectivity index is 1.68. The van der Waals surface area contributed by atoms with Gasteiger partial charge in [-0.1, -0.05) is 42.5 Å². The van der Waals surface area contributed by atoms with Gasteiger partial charge in [-0.3, -0.25) is 4.79 Å². The van der Waals surface area contributed by atoms with Crippen molar-refractivity contribution in [3.05, 3.63) is 71.5 Å². The second-order valence-corrected chi connectivity index (χ2v) is 5.57. The number of carbonyl (C=O) groups excluding carboxylic acids is 1. The largest absolute Gasteiger partial charge is 0.347 e. The predicted octanol–water partition coefficient (Wildman–Crippen LogP) is 3.18. The van der Waals surface area contributed by atoms with Crippen LogP contribution in [0.25, 0.3) is 10.8 Å². The van der Waals surface area contributed by atoms with Crippen LogP contribution < -0.4 is 5.43 Å². The minimum absolute atomic E-state index is 0.122. The average molecular weight is 305 g/mol. The number of benzene rings is 2. The number of hydrogen-bond acceptors (Lipinski definition) is 2. The normalized spacial score (nSPS) is 11.2. The molecule has 0 radical (unpaired) electrons. The van der Waals surface area contributed by atoms with E-state index < -0.39 is 0 Å². The number of aromatic nitrogens is 1. The Morgan fingerprint density at radius 3 is 2.70 bits per heavy atom. The molecule has 4 heteroatoms. The summed E-state index contributed by atoms with van der Waals surface area (Å²) in [5.41, 5.74) is 5.70. The van der Waals surface area contributed by atoms with Crippen LogP contribution in [0.3, 0.4) is 0 Å². The summed E-state index contributed by atoms with van der Waals surface area (Å²) < 4.78 is 2.01. The first-order chi connectivity index (χ1) is 11.1. The number of rotatable bonds is 4. The van der Waals surface area contributed by atoms with Crippen molar-refractivity contribution >= 4 is 22.9 Å². The molecule has 0 aliphatic heterocycles. The summed E-state index contributed by atoms with van der Waals surface area (Å²) in [6, 6.07) is 18.0. The Morgan fingerprint density at radius 1 is 1.13 bits per heavy atom. The topological polar surface area (TPSA) is 46.4 Å². The molecule has 23 heavy (non-hydrogen) atoms. The Morgan fingerprint density at radius 2 is 1.91 bits per heavy atom. The standard InChI is InChI=1S/C19H19N3O/c1-14-10-11-17(22(14)2)13-20-21-19(23)12-16-8-5-7-15-6-3-4-9-18(15)16/h3-11,13H,12H2,1-2H3,(H,21,23)/b20-13+. The predicted molar refractivity (Wildman–Crippen MR) is 93.5 cm³/mol. The number of hydrogen-bond donors (Lipinski definition) is 1. The lowest BCUT2D eigenvalue weighted by molar-refractivity contribution is -0.120. The second-order valence-electron chi connectivity index (χ2n) is 5.57. The van der Waals surface area contributed by atoms with E-state index in [2.05, 4.69) is 10.5 Å². The number of hydrazone groups is 1. The molecule has 0 aliphatic carbocycles. The molecule has 0 saturated heterocycles. The lowest BCUT2D eigenvalue weighted by atomic mass is 10.0. The van der Waals surface area contributed by atoms with Crippen LogP contribution in [0, 0.1) is 6.92 Å². The van der Waals surface area contributed by atoms with E-state index in [-0.39, 0.29) is 5.91 Å². The highest BCUT2D eigenvalue weighted by Crippen LogP contribution is 2.18. The van der Waals surface area contributed by atoms with Gasteiger partial charge in [0.25, 0.3) is 0 Å². The van der Waals surface area contributed by atoms with Gasteiger partial charge >= 0.3 is 0 Å². The van der Waals surface area contributed by atoms with Crippen molar-refractivity contribution in [1.29, 1.82) is 0 Å². The van der Waals surface area contributed by atoms with E-state index >= 15 is 0 Å². The van der Waals surface area contributed by atoms with E-state index in [9.17, 15) is 4.79 Å². The molecule has 2 aromatic carbocycles. The van der Waals surface area contributed by atoms with Crippen molar-refractivity contribution in [2.75, 3.05) is 0 Å². The number of amides is 1. The average Bonchev–Trinajstić information content (AvgIpc) is 2.87. The van der Waals surface area contributed by atoms with Gasteiger partial charge in [-0.2, -0.15) is 5.10 Å². The Kier molecular flexibility index (Phi) is 4.24. The summed E-state index contributed by atoms with van der Waals surface area (Å²) in [5.74, 6) is -0.122. The third kappa shape index (κ3) is 3.31. The van der Waals surface area contributed by atoms with Crippen LogP contribution in [0.2, 0.25) is 0 Å². The van der Waals surface area contributed by atoms with E-state index in [1.807, 2.05) is 73.1 Å². The molecular formula is C19H19N3O.